The first-order chi connectivity index (χ1) is 11.1. The second-order valence-electron chi connectivity index (χ2n) is 5.42. The first-order valence-corrected chi connectivity index (χ1v) is 7.39. The van der Waals surface area contributed by atoms with Crippen LogP contribution in [0, 0.1) is 0 Å². The number of hydrogen-bond acceptors (Lipinski definition) is 3. The number of benzene rings is 2. The van der Waals surface area contributed by atoms with E-state index in [-0.39, 0.29) is 6.03 Å². The lowest BCUT2D eigenvalue weighted by atomic mass is 9.98. The molecule has 0 saturated carbocycles. The van der Waals surface area contributed by atoms with Gasteiger partial charge < -0.3 is 9.64 Å². The number of anilines is 1. The van der Waals surface area contributed by atoms with Crippen LogP contribution >= 0.6 is 0 Å². The molecule has 5 heteroatoms. The van der Waals surface area contributed by atoms with E-state index in [2.05, 4.69) is 0 Å². The highest BCUT2D eigenvalue weighted by Gasteiger charge is 2.49. The summed E-state index contributed by atoms with van der Waals surface area (Å²) in [4.78, 5) is 28.1. The maximum atomic E-state index is 12.8. The van der Waals surface area contributed by atoms with Gasteiger partial charge in [0, 0.05) is 12.7 Å². The smallest absolute Gasteiger partial charge is 0.331 e. The van der Waals surface area contributed by atoms with Crippen molar-refractivity contribution in [2.45, 2.75) is 12.1 Å². The van der Waals surface area contributed by atoms with Gasteiger partial charge in [0.1, 0.15) is 0 Å². The Hall–Kier alpha value is -2.82. The summed E-state index contributed by atoms with van der Waals surface area (Å²) in [6.45, 7) is 0. The lowest BCUT2D eigenvalue weighted by Gasteiger charge is -2.26. The summed E-state index contributed by atoms with van der Waals surface area (Å²) in [5, 5.41) is 0. The molecule has 1 heterocycles. The third kappa shape index (κ3) is 2.54. The Morgan fingerprint density at radius 2 is 1.57 bits per heavy atom. The van der Waals surface area contributed by atoms with Crippen LogP contribution in [0.15, 0.2) is 60.7 Å². The third-order valence-electron chi connectivity index (χ3n) is 4.12. The molecular weight excluding hydrogens is 292 g/mol. The van der Waals surface area contributed by atoms with Crippen molar-refractivity contribution in [3.8, 4) is 0 Å². The highest BCUT2D eigenvalue weighted by molar-refractivity contribution is 6.00. The van der Waals surface area contributed by atoms with Gasteiger partial charge in [0.05, 0.1) is 13.2 Å². The average Bonchev–Trinajstić information content (AvgIpc) is 2.87. The van der Waals surface area contributed by atoms with Crippen molar-refractivity contribution >= 4 is 17.7 Å². The second-order valence-corrected chi connectivity index (χ2v) is 5.42. The molecule has 0 bridgehead atoms. The highest BCUT2D eigenvalue weighted by atomic mass is 16.5. The number of para-hydroxylation sites is 1. The van der Waals surface area contributed by atoms with Crippen LogP contribution in [-0.4, -0.2) is 37.1 Å². The Morgan fingerprint density at radius 1 is 1.00 bits per heavy atom. The number of amides is 2. The number of hydrogen-bond donors (Lipinski definition) is 0. The molecule has 0 N–H and O–H groups in total. The highest BCUT2D eigenvalue weighted by Crippen LogP contribution is 2.38. The van der Waals surface area contributed by atoms with E-state index in [0.29, 0.717) is 0 Å². The van der Waals surface area contributed by atoms with Crippen molar-refractivity contribution in [3.05, 3.63) is 66.2 Å². The Labute approximate surface area is 135 Å². The van der Waals surface area contributed by atoms with Crippen molar-refractivity contribution in [1.29, 1.82) is 0 Å². The molecule has 5 nitrogen and oxygen atoms in total. The Balaban J connectivity index is 2.13. The SMILES string of the molecule is COC(=O)[C@H]1[C@H](c2ccccc2)N(c2ccccc2)C(=O)N1C. The van der Waals surface area contributed by atoms with E-state index >= 15 is 0 Å². The van der Waals surface area contributed by atoms with E-state index in [1.54, 1.807) is 11.9 Å². The van der Waals surface area contributed by atoms with Crippen molar-refractivity contribution in [1.82, 2.24) is 4.90 Å². The molecule has 1 saturated heterocycles. The molecule has 118 valence electrons. The Bertz CT molecular complexity index is 703. The first kappa shape index (κ1) is 15.1. The second kappa shape index (κ2) is 6.12. The van der Waals surface area contributed by atoms with Crippen LogP contribution in [0.25, 0.3) is 0 Å². The van der Waals surface area contributed by atoms with E-state index in [1.807, 2.05) is 60.7 Å². The van der Waals surface area contributed by atoms with Gasteiger partial charge >= 0.3 is 12.0 Å². The van der Waals surface area contributed by atoms with Crippen molar-refractivity contribution in [2.24, 2.45) is 0 Å². The minimum atomic E-state index is -0.685. The van der Waals surface area contributed by atoms with Gasteiger partial charge in [0.25, 0.3) is 0 Å². The van der Waals surface area contributed by atoms with Gasteiger partial charge in [-0.3, -0.25) is 4.90 Å². The summed E-state index contributed by atoms with van der Waals surface area (Å²) in [5.41, 5.74) is 1.65. The number of urea groups is 1. The fourth-order valence-electron chi connectivity index (χ4n) is 3.01. The number of nitrogens with zero attached hydrogens (tertiary/aromatic N) is 2. The predicted octanol–water partition coefficient (Wildman–Crippen LogP) is 2.84. The molecule has 2 atom stereocenters. The molecular formula is C18H18N2O3. The maximum Gasteiger partial charge on any atom is 0.331 e. The molecule has 1 aliphatic heterocycles. The fourth-order valence-corrected chi connectivity index (χ4v) is 3.01. The predicted molar refractivity (Wildman–Crippen MR) is 87.1 cm³/mol. The fraction of sp³-hybridized carbons (Fsp3) is 0.222. The lowest BCUT2D eigenvalue weighted by molar-refractivity contribution is -0.145. The number of esters is 1. The Morgan fingerprint density at radius 3 is 2.13 bits per heavy atom. The number of carbonyl (C=O) groups is 2. The van der Waals surface area contributed by atoms with Crippen molar-refractivity contribution in [2.75, 3.05) is 19.1 Å². The number of carbonyl (C=O) groups excluding carboxylic acids is 2. The zero-order valence-corrected chi connectivity index (χ0v) is 13.0. The molecule has 0 aromatic heterocycles. The van der Waals surface area contributed by atoms with Crippen LogP contribution in [0.1, 0.15) is 11.6 Å². The minimum Gasteiger partial charge on any atom is -0.467 e. The average molecular weight is 310 g/mol. The molecule has 2 aromatic rings. The number of methoxy groups -OCH3 is 1. The topological polar surface area (TPSA) is 49.9 Å². The van der Waals surface area contributed by atoms with Crippen LogP contribution in [0.4, 0.5) is 10.5 Å². The molecule has 23 heavy (non-hydrogen) atoms. The van der Waals surface area contributed by atoms with Crippen LogP contribution in [0.2, 0.25) is 0 Å². The molecule has 0 spiro atoms. The maximum absolute atomic E-state index is 12.8. The standard InChI is InChI=1S/C18H18N2O3/c1-19-16(17(21)23-2)15(13-9-5-3-6-10-13)20(18(19)22)14-11-7-4-8-12-14/h3-12,15-16H,1-2H3/t15-,16+/m0/s1. The van der Waals surface area contributed by atoms with Gasteiger partial charge in [0.15, 0.2) is 6.04 Å². The van der Waals surface area contributed by atoms with E-state index in [9.17, 15) is 9.59 Å². The zero-order chi connectivity index (χ0) is 16.4. The number of ether oxygens (including phenoxy) is 1. The Kier molecular flexibility index (Phi) is 4.02. The molecule has 2 amide bonds. The summed E-state index contributed by atoms with van der Waals surface area (Å²) in [6.07, 6.45) is 0. The molecule has 1 fully saturated rings. The molecule has 3 rings (SSSR count). The van der Waals surface area contributed by atoms with Crippen LogP contribution in [0.5, 0.6) is 0 Å². The van der Waals surface area contributed by atoms with Gasteiger partial charge in [-0.25, -0.2) is 9.59 Å². The summed E-state index contributed by atoms with van der Waals surface area (Å²) in [7, 11) is 2.97. The van der Waals surface area contributed by atoms with Gasteiger partial charge in [-0.2, -0.15) is 0 Å². The summed E-state index contributed by atoms with van der Waals surface area (Å²) in [6, 6.07) is 17.6. The van der Waals surface area contributed by atoms with E-state index < -0.39 is 18.1 Å². The van der Waals surface area contributed by atoms with E-state index in [1.165, 1.54) is 12.0 Å². The monoisotopic (exact) mass is 310 g/mol. The van der Waals surface area contributed by atoms with Gasteiger partial charge in [-0.05, 0) is 17.7 Å². The minimum absolute atomic E-state index is 0.222. The van der Waals surface area contributed by atoms with Crippen molar-refractivity contribution in [3.63, 3.8) is 0 Å². The van der Waals surface area contributed by atoms with Crippen LogP contribution in [-0.2, 0) is 9.53 Å². The zero-order valence-electron chi connectivity index (χ0n) is 13.0. The largest absolute Gasteiger partial charge is 0.467 e. The van der Waals surface area contributed by atoms with Gasteiger partial charge in [-0.1, -0.05) is 48.5 Å². The summed E-state index contributed by atoms with van der Waals surface area (Å²) in [5.74, 6) is -0.423. The van der Waals surface area contributed by atoms with Crippen LogP contribution < -0.4 is 4.90 Å². The normalized spacial score (nSPS) is 20.7. The quantitative estimate of drug-likeness (QED) is 0.819. The van der Waals surface area contributed by atoms with Crippen molar-refractivity contribution < 1.29 is 14.3 Å². The molecule has 0 unspecified atom stereocenters. The molecule has 0 radical (unpaired) electrons. The number of rotatable bonds is 3. The third-order valence-corrected chi connectivity index (χ3v) is 4.12. The first-order valence-electron chi connectivity index (χ1n) is 7.39. The van der Waals surface area contributed by atoms with E-state index in [0.717, 1.165) is 11.3 Å². The van der Waals surface area contributed by atoms with Gasteiger partial charge in [-0.15, -0.1) is 0 Å². The van der Waals surface area contributed by atoms with Gasteiger partial charge in [0.2, 0.25) is 0 Å². The molecule has 0 aliphatic carbocycles. The molecule has 1 aliphatic rings. The molecule has 2 aromatic carbocycles. The lowest BCUT2D eigenvalue weighted by Crippen LogP contribution is -2.38. The van der Waals surface area contributed by atoms with Crippen LogP contribution in [0.3, 0.4) is 0 Å². The number of likely N-dealkylation sites (N-methyl/N-ethyl adjacent to an activating group) is 1. The summed E-state index contributed by atoms with van der Waals surface area (Å²) < 4.78 is 4.93. The summed E-state index contributed by atoms with van der Waals surface area (Å²) >= 11 is 0. The van der Waals surface area contributed by atoms with E-state index in [4.69, 9.17) is 4.74 Å².